The molecule has 3 aromatic rings. The lowest BCUT2D eigenvalue weighted by atomic mass is 10.1. The van der Waals surface area contributed by atoms with Gasteiger partial charge in [0.25, 0.3) is 5.91 Å². The van der Waals surface area contributed by atoms with Crippen LogP contribution in [0.1, 0.15) is 52.0 Å². The molecular formula is C19H22N4O2. The molecule has 6 nitrogen and oxygen atoms in total. The summed E-state index contributed by atoms with van der Waals surface area (Å²) in [7, 11) is 1.87. The van der Waals surface area contributed by atoms with E-state index in [4.69, 9.17) is 9.40 Å². The Kier molecular flexibility index (Phi) is 3.82. The molecule has 0 unspecified atom stereocenters. The second kappa shape index (κ2) is 6.02. The second-order valence-electron chi connectivity index (χ2n) is 6.79. The highest BCUT2D eigenvalue weighted by Crippen LogP contribution is 2.40. The number of aromatic nitrogens is 3. The number of hydrogen-bond donors (Lipinski definition) is 1. The fourth-order valence-corrected chi connectivity index (χ4v) is 3.25. The fraction of sp³-hybridized carbons (Fsp3) is 0.421. The van der Waals surface area contributed by atoms with Crippen molar-refractivity contribution < 1.29 is 9.21 Å². The molecule has 130 valence electrons. The average Bonchev–Trinajstić information content (AvgIpc) is 3.29. The number of hydrogen-bond acceptors (Lipinski definition) is 4. The lowest BCUT2D eigenvalue weighted by Gasteiger charge is -2.08. The van der Waals surface area contributed by atoms with E-state index < -0.39 is 0 Å². The molecule has 1 amide bonds. The van der Waals surface area contributed by atoms with E-state index in [1.807, 2.05) is 39.1 Å². The minimum absolute atomic E-state index is 0.0753. The van der Waals surface area contributed by atoms with E-state index in [-0.39, 0.29) is 5.91 Å². The number of carbonyl (C=O) groups excluding carboxylic acids is 1. The number of nitrogens with one attached hydrogen (secondary N) is 1. The van der Waals surface area contributed by atoms with E-state index >= 15 is 0 Å². The molecule has 3 aromatic heterocycles. The Labute approximate surface area is 146 Å². The number of carbonyl (C=O) groups is 1. The van der Waals surface area contributed by atoms with Crippen molar-refractivity contribution in [3.05, 3.63) is 46.7 Å². The number of fused-ring (bicyclic) bond motifs is 1. The zero-order valence-corrected chi connectivity index (χ0v) is 14.8. The standard InChI is InChI=1S/C19H22N4O2/c1-11-4-7-14(25-11)8-9-20-19(24)15-10-16(13-5-6-13)21-18-17(15)12(2)22-23(18)3/h4,7,10,13H,5-6,8-9H2,1-3H3,(H,20,24). The van der Waals surface area contributed by atoms with Crippen molar-refractivity contribution in [1.29, 1.82) is 0 Å². The van der Waals surface area contributed by atoms with Crippen LogP contribution in [-0.2, 0) is 13.5 Å². The predicted octanol–water partition coefficient (Wildman–Crippen LogP) is 3.03. The van der Waals surface area contributed by atoms with Gasteiger partial charge >= 0.3 is 0 Å². The van der Waals surface area contributed by atoms with Crippen LogP contribution in [0.5, 0.6) is 0 Å². The lowest BCUT2D eigenvalue weighted by Crippen LogP contribution is -2.26. The number of rotatable bonds is 5. The number of aryl methyl sites for hydroxylation is 3. The maximum atomic E-state index is 12.8. The minimum atomic E-state index is -0.0753. The van der Waals surface area contributed by atoms with Crippen molar-refractivity contribution in [2.75, 3.05) is 6.54 Å². The molecule has 25 heavy (non-hydrogen) atoms. The largest absolute Gasteiger partial charge is 0.466 e. The molecule has 0 aliphatic heterocycles. The first-order valence-electron chi connectivity index (χ1n) is 8.70. The fourth-order valence-electron chi connectivity index (χ4n) is 3.25. The van der Waals surface area contributed by atoms with Gasteiger partial charge in [-0.25, -0.2) is 4.98 Å². The summed E-state index contributed by atoms with van der Waals surface area (Å²) in [5.41, 5.74) is 3.29. The summed E-state index contributed by atoms with van der Waals surface area (Å²) in [6.07, 6.45) is 2.97. The van der Waals surface area contributed by atoms with Gasteiger partial charge in [-0.3, -0.25) is 9.48 Å². The molecule has 0 saturated heterocycles. The van der Waals surface area contributed by atoms with Crippen molar-refractivity contribution >= 4 is 16.9 Å². The van der Waals surface area contributed by atoms with E-state index in [0.29, 0.717) is 24.4 Å². The Morgan fingerprint density at radius 3 is 2.84 bits per heavy atom. The van der Waals surface area contributed by atoms with E-state index in [1.54, 1.807) is 4.68 Å². The molecule has 0 spiro atoms. The average molecular weight is 338 g/mol. The molecule has 3 heterocycles. The molecule has 1 aliphatic carbocycles. The minimum Gasteiger partial charge on any atom is -0.466 e. The van der Waals surface area contributed by atoms with Crippen LogP contribution in [0.25, 0.3) is 11.0 Å². The first-order chi connectivity index (χ1) is 12.0. The monoisotopic (exact) mass is 338 g/mol. The van der Waals surface area contributed by atoms with Crippen LogP contribution in [0.4, 0.5) is 0 Å². The van der Waals surface area contributed by atoms with Gasteiger partial charge in [0.15, 0.2) is 5.65 Å². The number of nitrogens with zero attached hydrogens (tertiary/aromatic N) is 3. The second-order valence-corrected chi connectivity index (χ2v) is 6.79. The third-order valence-corrected chi connectivity index (χ3v) is 4.68. The predicted molar refractivity (Wildman–Crippen MR) is 94.7 cm³/mol. The maximum absolute atomic E-state index is 12.8. The van der Waals surface area contributed by atoms with Gasteiger partial charge in [0.1, 0.15) is 11.5 Å². The highest BCUT2D eigenvalue weighted by Gasteiger charge is 2.28. The van der Waals surface area contributed by atoms with Crippen molar-refractivity contribution in [2.45, 2.75) is 39.0 Å². The topological polar surface area (TPSA) is 73.0 Å². The molecule has 6 heteroatoms. The summed E-state index contributed by atoms with van der Waals surface area (Å²) < 4.78 is 7.31. The van der Waals surface area contributed by atoms with E-state index in [2.05, 4.69) is 10.4 Å². The van der Waals surface area contributed by atoms with Gasteiger partial charge in [-0.1, -0.05) is 0 Å². The van der Waals surface area contributed by atoms with Crippen molar-refractivity contribution in [3.8, 4) is 0 Å². The quantitative estimate of drug-likeness (QED) is 0.776. The molecule has 0 bridgehead atoms. The molecule has 1 N–H and O–H groups in total. The van der Waals surface area contributed by atoms with Crippen LogP contribution in [0.3, 0.4) is 0 Å². The third-order valence-electron chi connectivity index (χ3n) is 4.68. The SMILES string of the molecule is Cc1ccc(CCNC(=O)c2cc(C3CC3)nc3c2c(C)nn3C)o1. The van der Waals surface area contributed by atoms with E-state index in [1.165, 1.54) is 0 Å². The highest BCUT2D eigenvalue weighted by molar-refractivity contribution is 6.06. The molecule has 0 radical (unpaired) electrons. The normalized spacial score (nSPS) is 14.2. The first kappa shape index (κ1) is 15.9. The Morgan fingerprint density at radius 2 is 2.16 bits per heavy atom. The summed E-state index contributed by atoms with van der Waals surface area (Å²) in [5, 5.41) is 8.30. The molecule has 0 atom stereocenters. The molecule has 1 fully saturated rings. The number of furan rings is 1. The summed E-state index contributed by atoms with van der Waals surface area (Å²) in [4.78, 5) is 17.5. The van der Waals surface area contributed by atoms with Gasteiger partial charge in [0.2, 0.25) is 0 Å². The summed E-state index contributed by atoms with van der Waals surface area (Å²) in [6.45, 7) is 4.37. The van der Waals surface area contributed by atoms with E-state index in [0.717, 1.165) is 46.8 Å². The van der Waals surface area contributed by atoms with Gasteiger partial charge in [-0.05, 0) is 44.9 Å². The zero-order chi connectivity index (χ0) is 17.6. The highest BCUT2D eigenvalue weighted by atomic mass is 16.3. The Balaban J connectivity index is 1.59. The Bertz CT molecular complexity index is 950. The van der Waals surface area contributed by atoms with Crippen LogP contribution < -0.4 is 5.32 Å². The first-order valence-corrected chi connectivity index (χ1v) is 8.70. The number of amides is 1. The van der Waals surface area contributed by atoms with E-state index in [9.17, 15) is 4.79 Å². The van der Waals surface area contributed by atoms with Gasteiger partial charge in [0.05, 0.1) is 16.6 Å². The van der Waals surface area contributed by atoms with Crippen LogP contribution in [-0.4, -0.2) is 27.2 Å². The van der Waals surface area contributed by atoms with Gasteiger partial charge in [-0.15, -0.1) is 0 Å². The zero-order valence-electron chi connectivity index (χ0n) is 14.8. The van der Waals surface area contributed by atoms with Gasteiger partial charge in [0, 0.05) is 31.6 Å². The van der Waals surface area contributed by atoms with Gasteiger partial charge < -0.3 is 9.73 Å². The lowest BCUT2D eigenvalue weighted by molar-refractivity contribution is 0.0955. The van der Waals surface area contributed by atoms with Gasteiger partial charge in [-0.2, -0.15) is 5.10 Å². The maximum Gasteiger partial charge on any atom is 0.252 e. The van der Waals surface area contributed by atoms with Crippen molar-refractivity contribution in [3.63, 3.8) is 0 Å². The smallest absolute Gasteiger partial charge is 0.252 e. The molecule has 4 rings (SSSR count). The molecule has 1 aliphatic rings. The van der Waals surface area contributed by atoms with Crippen LogP contribution in [0.2, 0.25) is 0 Å². The van der Waals surface area contributed by atoms with Crippen LogP contribution >= 0.6 is 0 Å². The number of pyridine rings is 1. The molecule has 1 saturated carbocycles. The molecular weight excluding hydrogens is 316 g/mol. The molecule has 0 aromatic carbocycles. The summed E-state index contributed by atoms with van der Waals surface area (Å²) >= 11 is 0. The van der Waals surface area contributed by atoms with Crippen LogP contribution in [0.15, 0.2) is 22.6 Å². The van der Waals surface area contributed by atoms with Crippen LogP contribution in [0, 0.1) is 13.8 Å². The van der Waals surface area contributed by atoms with Crippen molar-refractivity contribution in [2.24, 2.45) is 7.05 Å². The third kappa shape index (κ3) is 3.04. The Morgan fingerprint density at radius 1 is 1.36 bits per heavy atom. The van der Waals surface area contributed by atoms with Crippen molar-refractivity contribution in [1.82, 2.24) is 20.1 Å². The summed E-state index contributed by atoms with van der Waals surface area (Å²) in [6, 6.07) is 5.83. The Hall–Kier alpha value is -2.63. The summed E-state index contributed by atoms with van der Waals surface area (Å²) in [5.74, 6) is 2.18.